The number of halogens is 1. The van der Waals surface area contributed by atoms with E-state index in [0.717, 1.165) is 38.2 Å². The van der Waals surface area contributed by atoms with E-state index in [-0.39, 0.29) is 11.9 Å². The molecule has 0 spiro atoms. The minimum Gasteiger partial charge on any atom is -0.315 e. The predicted molar refractivity (Wildman–Crippen MR) is 101 cm³/mol. The van der Waals surface area contributed by atoms with E-state index < -0.39 is 0 Å². The van der Waals surface area contributed by atoms with E-state index in [1.165, 1.54) is 16.3 Å². The van der Waals surface area contributed by atoms with Crippen LogP contribution in [0.4, 0.5) is 4.39 Å². The summed E-state index contributed by atoms with van der Waals surface area (Å²) in [6.45, 7) is 4.08. The van der Waals surface area contributed by atoms with Crippen molar-refractivity contribution in [2.75, 3.05) is 26.2 Å². The lowest BCUT2D eigenvalue weighted by Gasteiger charge is -2.32. The molecule has 3 aromatic rings. The van der Waals surface area contributed by atoms with Gasteiger partial charge in [0, 0.05) is 19.6 Å². The molecule has 4 rings (SSSR count). The van der Waals surface area contributed by atoms with Crippen LogP contribution in [0.2, 0.25) is 0 Å². The van der Waals surface area contributed by atoms with Crippen LogP contribution in [0.3, 0.4) is 0 Å². The van der Waals surface area contributed by atoms with Crippen LogP contribution in [0.15, 0.2) is 66.7 Å². The van der Waals surface area contributed by atoms with Crippen molar-refractivity contribution < 1.29 is 4.39 Å². The zero-order valence-electron chi connectivity index (χ0n) is 14.3. The molecule has 0 aromatic heterocycles. The molecule has 3 heteroatoms. The predicted octanol–water partition coefficient (Wildman–Crippen LogP) is 4.36. The number of hydrogen-bond acceptors (Lipinski definition) is 2. The second kappa shape index (κ2) is 7.34. The molecular formula is C22H23FN2. The lowest BCUT2D eigenvalue weighted by Crippen LogP contribution is -2.33. The normalized spacial score (nSPS) is 17.3. The topological polar surface area (TPSA) is 15.3 Å². The van der Waals surface area contributed by atoms with Crippen molar-refractivity contribution in [3.05, 3.63) is 83.7 Å². The molecule has 0 amide bonds. The summed E-state index contributed by atoms with van der Waals surface area (Å²) in [6, 6.07) is 22.2. The Kier molecular flexibility index (Phi) is 4.77. The monoisotopic (exact) mass is 334 g/mol. The van der Waals surface area contributed by atoms with Gasteiger partial charge in [0.05, 0.1) is 6.04 Å². The molecule has 1 aliphatic heterocycles. The first kappa shape index (κ1) is 16.2. The SMILES string of the molecule is Fc1ccc(C(c2cccc3ccccc23)N2CCCNCC2)cc1. The number of rotatable bonds is 3. The molecule has 0 aliphatic carbocycles. The van der Waals surface area contributed by atoms with Crippen LogP contribution < -0.4 is 5.32 Å². The molecule has 1 N–H and O–H groups in total. The Bertz CT molecular complexity index is 831. The number of hydrogen-bond donors (Lipinski definition) is 1. The summed E-state index contributed by atoms with van der Waals surface area (Å²) < 4.78 is 13.5. The quantitative estimate of drug-likeness (QED) is 0.765. The molecule has 0 radical (unpaired) electrons. The highest BCUT2D eigenvalue weighted by molar-refractivity contribution is 5.86. The Labute approximate surface area is 148 Å². The van der Waals surface area contributed by atoms with Gasteiger partial charge in [-0.05, 0) is 47.0 Å². The van der Waals surface area contributed by atoms with Gasteiger partial charge in [0.2, 0.25) is 0 Å². The molecule has 1 aliphatic rings. The van der Waals surface area contributed by atoms with E-state index in [4.69, 9.17) is 0 Å². The van der Waals surface area contributed by atoms with E-state index >= 15 is 0 Å². The largest absolute Gasteiger partial charge is 0.315 e. The van der Waals surface area contributed by atoms with Crippen molar-refractivity contribution in [1.82, 2.24) is 10.2 Å². The molecule has 1 fully saturated rings. The van der Waals surface area contributed by atoms with Crippen LogP contribution in [0.5, 0.6) is 0 Å². The van der Waals surface area contributed by atoms with Crippen LogP contribution in [0, 0.1) is 5.82 Å². The molecule has 3 aromatic carbocycles. The Morgan fingerprint density at radius 1 is 0.840 bits per heavy atom. The standard InChI is InChI=1S/C22H23FN2/c23-19-11-9-18(10-12-19)22(25-15-4-13-24-14-16-25)21-8-3-6-17-5-1-2-7-20(17)21/h1-3,5-12,22,24H,4,13-16H2. The Morgan fingerprint density at radius 3 is 2.52 bits per heavy atom. The third kappa shape index (κ3) is 3.44. The molecule has 1 atom stereocenters. The van der Waals surface area contributed by atoms with Gasteiger partial charge in [-0.15, -0.1) is 0 Å². The van der Waals surface area contributed by atoms with Crippen molar-refractivity contribution >= 4 is 10.8 Å². The smallest absolute Gasteiger partial charge is 0.123 e. The summed E-state index contributed by atoms with van der Waals surface area (Å²) in [5, 5.41) is 6.00. The van der Waals surface area contributed by atoms with Gasteiger partial charge in [-0.1, -0.05) is 54.6 Å². The van der Waals surface area contributed by atoms with Gasteiger partial charge in [0.1, 0.15) is 5.82 Å². The number of nitrogens with one attached hydrogen (secondary N) is 1. The van der Waals surface area contributed by atoms with Crippen LogP contribution in [0.1, 0.15) is 23.6 Å². The van der Waals surface area contributed by atoms with Gasteiger partial charge in [-0.3, -0.25) is 4.90 Å². The molecule has 2 nitrogen and oxygen atoms in total. The van der Waals surface area contributed by atoms with Gasteiger partial charge in [0.15, 0.2) is 0 Å². The van der Waals surface area contributed by atoms with E-state index in [0.29, 0.717) is 0 Å². The number of benzene rings is 3. The Balaban J connectivity index is 1.85. The summed E-state index contributed by atoms with van der Waals surface area (Å²) in [4.78, 5) is 2.52. The second-order valence-corrected chi connectivity index (χ2v) is 6.66. The minimum atomic E-state index is -0.182. The maximum Gasteiger partial charge on any atom is 0.123 e. The van der Waals surface area contributed by atoms with E-state index in [2.05, 4.69) is 52.7 Å². The molecular weight excluding hydrogens is 311 g/mol. The summed E-state index contributed by atoms with van der Waals surface area (Å²) in [6.07, 6.45) is 1.13. The lowest BCUT2D eigenvalue weighted by molar-refractivity contribution is 0.242. The highest BCUT2D eigenvalue weighted by Gasteiger charge is 2.24. The number of nitrogens with zero attached hydrogens (tertiary/aromatic N) is 1. The molecule has 0 bridgehead atoms. The van der Waals surface area contributed by atoms with Crippen LogP contribution >= 0.6 is 0 Å². The Hall–Kier alpha value is -2.23. The van der Waals surface area contributed by atoms with E-state index in [1.807, 2.05) is 12.1 Å². The van der Waals surface area contributed by atoms with Crippen molar-refractivity contribution in [3.63, 3.8) is 0 Å². The first-order valence-electron chi connectivity index (χ1n) is 9.01. The van der Waals surface area contributed by atoms with Crippen molar-refractivity contribution in [2.45, 2.75) is 12.5 Å². The average Bonchev–Trinajstić information content (AvgIpc) is 2.93. The van der Waals surface area contributed by atoms with Crippen molar-refractivity contribution in [1.29, 1.82) is 0 Å². The minimum absolute atomic E-state index is 0.145. The van der Waals surface area contributed by atoms with Crippen molar-refractivity contribution in [2.24, 2.45) is 0 Å². The van der Waals surface area contributed by atoms with Crippen LogP contribution in [-0.4, -0.2) is 31.1 Å². The first-order chi connectivity index (χ1) is 12.3. The van der Waals surface area contributed by atoms with E-state index in [9.17, 15) is 4.39 Å². The molecule has 1 saturated heterocycles. The molecule has 0 saturated carbocycles. The first-order valence-corrected chi connectivity index (χ1v) is 9.01. The third-order valence-corrected chi connectivity index (χ3v) is 5.04. The molecule has 1 unspecified atom stereocenters. The fourth-order valence-corrected chi connectivity index (χ4v) is 3.85. The fourth-order valence-electron chi connectivity index (χ4n) is 3.85. The van der Waals surface area contributed by atoms with Crippen molar-refractivity contribution in [3.8, 4) is 0 Å². The van der Waals surface area contributed by atoms with Gasteiger partial charge in [0.25, 0.3) is 0 Å². The average molecular weight is 334 g/mol. The summed E-state index contributed by atoms with van der Waals surface area (Å²) in [5.41, 5.74) is 2.45. The second-order valence-electron chi connectivity index (χ2n) is 6.66. The molecule has 25 heavy (non-hydrogen) atoms. The third-order valence-electron chi connectivity index (χ3n) is 5.04. The lowest BCUT2D eigenvalue weighted by atomic mass is 9.92. The van der Waals surface area contributed by atoms with Gasteiger partial charge < -0.3 is 5.32 Å². The zero-order chi connectivity index (χ0) is 17.1. The van der Waals surface area contributed by atoms with Crippen LogP contribution in [-0.2, 0) is 0 Å². The van der Waals surface area contributed by atoms with E-state index in [1.54, 1.807) is 12.1 Å². The fraction of sp³-hybridized carbons (Fsp3) is 0.273. The zero-order valence-corrected chi connectivity index (χ0v) is 14.3. The highest BCUT2D eigenvalue weighted by Crippen LogP contribution is 2.34. The molecule has 1 heterocycles. The summed E-state index contributed by atoms with van der Waals surface area (Å²) >= 11 is 0. The highest BCUT2D eigenvalue weighted by atomic mass is 19.1. The Morgan fingerprint density at radius 2 is 1.64 bits per heavy atom. The maximum atomic E-state index is 13.5. The van der Waals surface area contributed by atoms with Gasteiger partial charge >= 0.3 is 0 Å². The molecule has 128 valence electrons. The summed E-state index contributed by atoms with van der Waals surface area (Å²) in [7, 11) is 0. The van der Waals surface area contributed by atoms with Gasteiger partial charge in [-0.2, -0.15) is 0 Å². The number of fused-ring (bicyclic) bond motifs is 1. The summed E-state index contributed by atoms with van der Waals surface area (Å²) in [5.74, 6) is -0.182. The van der Waals surface area contributed by atoms with Crippen LogP contribution in [0.25, 0.3) is 10.8 Å². The van der Waals surface area contributed by atoms with Gasteiger partial charge in [-0.25, -0.2) is 4.39 Å². The maximum absolute atomic E-state index is 13.5.